The first-order chi connectivity index (χ1) is 12.4. The van der Waals surface area contributed by atoms with Gasteiger partial charge in [0, 0.05) is 37.9 Å². The molecule has 0 aliphatic carbocycles. The molecule has 2 N–H and O–H groups in total. The fraction of sp³-hybridized carbons (Fsp3) is 0.722. The van der Waals surface area contributed by atoms with Gasteiger partial charge in [-0.2, -0.15) is 4.98 Å². The van der Waals surface area contributed by atoms with Crippen molar-refractivity contribution in [3.63, 3.8) is 0 Å². The first kappa shape index (κ1) is 18.8. The van der Waals surface area contributed by atoms with Crippen LogP contribution < -0.4 is 10.2 Å². The molecule has 26 heavy (non-hydrogen) atoms. The first-order valence-electron chi connectivity index (χ1n) is 9.24. The average molecular weight is 363 g/mol. The van der Waals surface area contributed by atoms with E-state index < -0.39 is 11.4 Å². The molecule has 0 amide bonds. The smallest absolute Gasteiger partial charge is 0.313 e. The molecule has 2 aliphatic heterocycles. The van der Waals surface area contributed by atoms with Crippen LogP contribution in [-0.2, 0) is 14.9 Å². The SMILES string of the molecule is CN1CC[C@H](CNc2ncc(C(C)(C)C(=O)O)c(N3CCOCC3)n2)C1. The number of morpholine rings is 1. The van der Waals surface area contributed by atoms with Crippen LogP contribution in [0, 0.1) is 5.92 Å². The van der Waals surface area contributed by atoms with Crippen molar-refractivity contribution in [2.45, 2.75) is 25.7 Å². The third-order valence-electron chi connectivity index (χ3n) is 5.33. The summed E-state index contributed by atoms with van der Waals surface area (Å²) in [5, 5.41) is 13.0. The predicted octanol–water partition coefficient (Wildman–Crippen LogP) is 1.04. The van der Waals surface area contributed by atoms with Crippen LogP contribution in [0.25, 0.3) is 0 Å². The predicted molar refractivity (Wildman–Crippen MR) is 99.8 cm³/mol. The third kappa shape index (κ3) is 4.07. The van der Waals surface area contributed by atoms with Crippen LogP contribution in [-0.4, -0.2) is 78.9 Å². The van der Waals surface area contributed by atoms with E-state index in [9.17, 15) is 9.90 Å². The summed E-state index contributed by atoms with van der Waals surface area (Å²) in [6.07, 6.45) is 2.83. The Morgan fingerprint density at radius 1 is 1.38 bits per heavy atom. The zero-order chi connectivity index (χ0) is 18.7. The molecule has 0 spiro atoms. The number of aliphatic carboxylic acids is 1. The van der Waals surface area contributed by atoms with Gasteiger partial charge in [-0.1, -0.05) is 0 Å². The molecule has 3 heterocycles. The van der Waals surface area contributed by atoms with Crippen molar-refractivity contribution in [3.8, 4) is 0 Å². The number of hydrogen-bond donors (Lipinski definition) is 2. The molecule has 0 aromatic carbocycles. The van der Waals surface area contributed by atoms with E-state index in [-0.39, 0.29) is 0 Å². The van der Waals surface area contributed by atoms with Crippen molar-refractivity contribution < 1.29 is 14.6 Å². The molecule has 0 unspecified atom stereocenters. The maximum atomic E-state index is 11.8. The van der Waals surface area contributed by atoms with Gasteiger partial charge in [-0.25, -0.2) is 4.98 Å². The lowest BCUT2D eigenvalue weighted by Crippen LogP contribution is -2.40. The average Bonchev–Trinajstić information content (AvgIpc) is 3.05. The summed E-state index contributed by atoms with van der Waals surface area (Å²) < 4.78 is 5.43. The van der Waals surface area contributed by atoms with Crippen molar-refractivity contribution in [2.24, 2.45) is 5.92 Å². The van der Waals surface area contributed by atoms with E-state index in [1.165, 1.54) is 6.42 Å². The Morgan fingerprint density at radius 3 is 2.73 bits per heavy atom. The fourth-order valence-electron chi connectivity index (χ4n) is 3.46. The molecule has 0 radical (unpaired) electrons. The highest BCUT2D eigenvalue weighted by atomic mass is 16.5. The Morgan fingerprint density at radius 2 is 2.12 bits per heavy atom. The summed E-state index contributed by atoms with van der Waals surface area (Å²) >= 11 is 0. The van der Waals surface area contributed by atoms with E-state index in [0.29, 0.717) is 49.6 Å². The summed E-state index contributed by atoms with van der Waals surface area (Å²) in [6.45, 7) is 9.06. The molecule has 3 rings (SSSR count). The Bertz CT molecular complexity index is 646. The van der Waals surface area contributed by atoms with Crippen molar-refractivity contribution in [1.29, 1.82) is 0 Å². The molecule has 2 saturated heterocycles. The van der Waals surface area contributed by atoms with Crippen molar-refractivity contribution in [1.82, 2.24) is 14.9 Å². The van der Waals surface area contributed by atoms with Crippen LogP contribution in [0.1, 0.15) is 25.8 Å². The van der Waals surface area contributed by atoms with Crippen LogP contribution in [0.4, 0.5) is 11.8 Å². The number of nitrogens with zero attached hydrogens (tertiary/aromatic N) is 4. The summed E-state index contributed by atoms with van der Waals surface area (Å²) in [7, 11) is 2.13. The van der Waals surface area contributed by atoms with E-state index >= 15 is 0 Å². The number of carboxylic acids is 1. The number of carboxylic acid groups (broad SMARTS) is 1. The van der Waals surface area contributed by atoms with Gasteiger partial charge in [0.2, 0.25) is 5.95 Å². The van der Waals surface area contributed by atoms with Crippen molar-refractivity contribution >= 4 is 17.7 Å². The van der Waals surface area contributed by atoms with Gasteiger partial charge in [-0.05, 0) is 39.8 Å². The highest BCUT2D eigenvalue weighted by Crippen LogP contribution is 2.32. The second-order valence-corrected chi connectivity index (χ2v) is 7.76. The van der Waals surface area contributed by atoms with Crippen molar-refractivity contribution in [3.05, 3.63) is 11.8 Å². The number of hydrogen-bond acceptors (Lipinski definition) is 7. The van der Waals surface area contributed by atoms with Gasteiger partial charge >= 0.3 is 5.97 Å². The maximum Gasteiger partial charge on any atom is 0.313 e. The standard InChI is InChI=1S/C18H29N5O3/c1-18(2,16(24)25)14-11-20-17(19-10-13-4-5-22(3)12-13)21-15(14)23-6-8-26-9-7-23/h11,13H,4-10,12H2,1-3H3,(H,24,25)(H,19,20,21)/t13-/m1/s1. The maximum absolute atomic E-state index is 11.8. The Balaban J connectivity index is 1.82. The molecule has 0 bridgehead atoms. The van der Waals surface area contributed by atoms with E-state index in [2.05, 4.69) is 27.1 Å². The van der Waals surface area contributed by atoms with Crippen LogP contribution in [0.15, 0.2) is 6.20 Å². The Hall–Kier alpha value is -1.93. The lowest BCUT2D eigenvalue weighted by molar-refractivity contribution is -0.142. The van der Waals surface area contributed by atoms with Crippen LogP contribution in [0.5, 0.6) is 0 Å². The molecule has 8 nitrogen and oxygen atoms in total. The molecule has 1 aromatic rings. The summed E-state index contributed by atoms with van der Waals surface area (Å²) in [5.41, 5.74) is -0.418. The highest BCUT2D eigenvalue weighted by Gasteiger charge is 2.35. The van der Waals surface area contributed by atoms with Gasteiger partial charge in [-0.3, -0.25) is 4.79 Å². The van der Waals surface area contributed by atoms with Crippen LogP contribution in [0.3, 0.4) is 0 Å². The van der Waals surface area contributed by atoms with Crippen molar-refractivity contribution in [2.75, 3.05) is 63.2 Å². The number of rotatable bonds is 6. The highest BCUT2D eigenvalue weighted by molar-refractivity contribution is 5.82. The molecular weight excluding hydrogens is 334 g/mol. The van der Waals surface area contributed by atoms with Crippen LogP contribution >= 0.6 is 0 Å². The molecular formula is C18H29N5O3. The molecule has 2 fully saturated rings. The minimum absolute atomic E-state index is 0.561. The number of aromatic nitrogens is 2. The van der Waals surface area contributed by atoms with Gasteiger partial charge in [0.05, 0.1) is 18.6 Å². The molecule has 2 aliphatic rings. The van der Waals surface area contributed by atoms with Gasteiger partial charge in [0.15, 0.2) is 0 Å². The summed E-state index contributed by atoms with van der Waals surface area (Å²) in [6, 6.07) is 0. The normalized spacial score (nSPS) is 21.8. The van der Waals surface area contributed by atoms with E-state index in [4.69, 9.17) is 9.72 Å². The monoisotopic (exact) mass is 363 g/mol. The number of anilines is 2. The number of nitrogens with one attached hydrogen (secondary N) is 1. The first-order valence-corrected chi connectivity index (χ1v) is 9.24. The molecule has 1 atom stereocenters. The minimum atomic E-state index is -1.06. The summed E-state index contributed by atoms with van der Waals surface area (Å²) in [4.78, 5) is 25.3. The second-order valence-electron chi connectivity index (χ2n) is 7.76. The number of likely N-dealkylation sites (tertiary alicyclic amines) is 1. The molecule has 1 aromatic heterocycles. The summed E-state index contributed by atoms with van der Waals surface area (Å²) in [5.74, 6) is 0.962. The molecule has 8 heteroatoms. The second kappa shape index (κ2) is 7.75. The van der Waals surface area contributed by atoms with Gasteiger partial charge in [0.1, 0.15) is 5.82 Å². The zero-order valence-corrected chi connectivity index (χ0v) is 15.9. The topological polar surface area (TPSA) is 90.8 Å². The number of carbonyl (C=O) groups is 1. The van der Waals surface area contributed by atoms with Crippen LogP contribution in [0.2, 0.25) is 0 Å². The Kier molecular flexibility index (Phi) is 5.62. The Labute approximate surface area is 154 Å². The lowest BCUT2D eigenvalue weighted by atomic mass is 9.85. The fourth-order valence-corrected chi connectivity index (χ4v) is 3.46. The van der Waals surface area contributed by atoms with E-state index in [0.717, 1.165) is 19.6 Å². The van der Waals surface area contributed by atoms with Gasteiger partial charge in [0.25, 0.3) is 0 Å². The largest absolute Gasteiger partial charge is 0.481 e. The number of ether oxygens (including phenoxy) is 1. The quantitative estimate of drug-likeness (QED) is 0.775. The van der Waals surface area contributed by atoms with Gasteiger partial charge in [-0.15, -0.1) is 0 Å². The van der Waals surface area contributed by atoms with Gasteiger partial charge < -0.3 is 25.0 Å². The third-order valence-corrected chi connectivity index (χ3v) is 5.33. The lowest BCUT2D eigenvalue weighted by Gasteiger charge is -2.32. The minimum Gasteiger partial charge on any atom is -0.481 e. The van der Waals surface area contributed by atoms with E-state index in [1.807, 2.05) is 0 Å². The zero-order valence-electron chi connectivity index (χ0n) is 15.9. The molecule has 144 valence electrons. The molecule has 0 saturated carbocycles. The van der Waals surface area contributed by atoms with E-state index in [1.54, 1.807) is 20.0 Å².